The van der Waals surface area contributed by atoms with E-state index in [1.54, 1.807) is 0 Å². The van der Waals surface area contributed by atoms with Crippen LogP contribution < -0.4 is 4.18 Å². The van der Waals surface area contributed by atoms with Gasteiger partial charge in [-0.25, -0.2) is 0 Å². The molecule has 0 fully saturated rings. The molecule has 0 N–H and O–H groups in total. The largest absolute Gasteiger partial charge is 0.382 e. The van der Waals surface area contributed by atoms with Crippen LogP contribution in [0.25, 0.3) is 0 Å². The molecule has 0 amide bonds. The van der Waals surface area contributed by atoms with Crippen molar-refractivity contribution in [3.05, 3.63) is 26.8 Å². The zero-order valence-electron chi connectivity index (χ0n) is 13.2. The summed E-state index contributed by atoms with van der Waals surface area (Å²) in [6.07, 6.45) is 1.09. The van der Waals surface area contributed by atoms with E-state index in [1.165, 1.54) is 0 Å². The average Bonchev–Trinajstić information content (AvgIpc) is 2.14. The van der Waals surface area contributed by atoms with E-state index in [0.29, 0.717) is 5.75 Å². The van der Waals surface area contributed by atoms with E-state index < -0.39 is 10.1 Å². The first-order chi connectivity index (χ1) is 8.72. The van der Waals surface area contributed by atoms with Gasteiger partial charge in [0, 0.05) is 14.7 Å². The summed E-state index contributed by atoms with van der Waals surface area (Å²) in [6.45, 7) is 12.3. The predicted octanol–water partition coefficient (Wildman–Crippen LogP) is 4.22. The van der Waals surface area contributed by atoms with Crippen LogP contribution in [0.2, 0.25) is 0 Å². The van der Waals surface area contributed by atoms with Crippen LogP contribution in [0.4, 0.5) is 0 Å². The Morgan fingerprint density at radius 3 is 1.55 bits per heavy atom. The lowest BCUT2D eigenvalue weighted by Crippen LogP contribution is -2.22. The zero-order chi connectivity index (χ0) is 15.9. The molecule has 0 radical (unpaired) electrons. The molecule has 20 heavy (non-hydrogen) atoms. The SMILES string of the molecule is CC(C)(C)c1cc(I)cc(C(C)(C)C)c1OS(C)(=O)=O. The van der Waals surface area contributed by atoms with Gasteiger partial charge in [0.25, 0.3) is 0 Å². The number of benzene rings is 1. The molecule has 0 unspecified atom stereocenters. The van der Waals surface area contributed by atoms with Crippen LogP contribution in [0.3, 0.4) is 0 Å². The molecular weight excluding hydrogens is 387 g/mol. The van der Waals surface area contributed by atoms with Crippen molar-refractivity contribution in [1.29, 1.82) is 0 Å². The predicted molar refractivity (Wildman–Crippen MR) is 92.0 cm³/mol. The maximum atomic E-state index is 11.6. The summed E-state index contributed by atoms with van der Waals surface area (Å²) in [5.74, 6) is 0.480. The monoisotopic (exact) mass is 410 g/mol. The zero-order valence-corrected chi connectivity index (χ0v) is 16.1. The third kappa shape index (κ3) is 4.62. The molecule has 0 heterocycles. The Labute approximate surface area is 136 Å². The lowest BCUT2D eigenvalue weighted by molar-refractivity contribution is 0.458. The molecule has 0 aliphatic carbocycles. The summed E-state index contributed by atoms with van der Waals surface area (Å²) in [6, 6.07) is 3.99. The first-order valence-electron chi connectivity index (χ1n) is 6.46. The Morgan fingerprint density at radius 1 is 0.950 bits per heavy atom. The molecule has 0 aliphatic heterocycles. The van der Waals surface area contributed by atoms with Crippen LogP contribution in [0.5, 0.6) is 5.75 Å². The Hall–Kier alpha value is -0.300. The molecule has 114 valence electrons. The molecule has 0 saturated carbocycles. The number of rotatable bonds is 2. The highest BCUT2D eigenvalue weighted by Crippen LogP contribution is 2.41. The molecule has 0 bridgehead atoms. The number of hydrogen-bond acceptors (Lipinski definition) is 3. The van der Waals surface area contributed by atoms with Gasteiger partial charge in [0.1, 0.15) is 5.75 Å². The third-order valence-corrected chi connectivity index (χ3v) is 4.00. The highest BCUT2D eigenvalue weighted by molar-refractivity contribution is 14.1. The van der Waals surface area contributed by atoms with Gasteiger partial charge in [-0.2, -0.15) is 8.42 Å². The van der Waals surface area contributed by atoms with Gasteiger partial charge in [-0.3, -0.25) is 0 Å². The fourth-order valence-electron chi connectivity index (χ4n) is 1.95. The van der Waals surface area contributed by atoms with Crippen molar-refractivity contribution in [2.24, 2.45) is 0 Å². The lowest BCUT2D eigenvalue weighted by Gasteiger charge is -2.29. The van der Waals surface area contributed by atoms with Gasteiger partial charge in [0.15, 0.2) is 0 Å². The van der Waals surface area contributed by atoms with E-state index in [1.807, 2.05) is 12.1 Å². The number of halogens is 1. The van der Waals surface area contributed by atoms with Crippen molar-refractivity contribution in [3.63, 3.8) is 0 Å². The highest BCUT2D eigenvalue weighted by Gasteiger charge is 2.29. The maximum absolute atomic E-state index is 11.6. The summed E-state index contributed by atoms with van der Waals surface area (Å²) in [5.41, 5.74) is 1.45. The first-order valence-corrected chi connectivity index (χ1v) is 9.35. The summed E-state index contributed by atoms with van der Waals surface area (Å²) in [5, 5.41) is 0. The van der Waals surface area contributed by atoms with Crippen molar-refractivity contribution < 1.29 is 12.6 Å². The summed E-state index contributed by atoms with van der Waals surface area (Å²) < 4.78 is 29.7. The minimum absolute atomic E-state index is 0.193. The van der Waals surface area contributed by atoms with Gasteiger partial charge in [0.2, 0.25) is 0 Å². The van der Waals surface area contributed by atoms with E-state index in [9.17, 15) is 8.42 Å². The number of hydrogen-bond donors (Lipinski definition) is 0. The van der Waals surface area contributed by atoms with Gasteiger partial charge in [-0.15, -0.1) is 0 Å². The van der Waals surface area contributed by atoms with Crippen molar-refractivity contribution in [2.75, 3.05) is 6.26 Å². The summed E-state index contributed by atoms with van der Waals surface area (Å²) in [7, 11) is -3.56. The van der Waals surface area contributed by atoms with Gasteiger partial charge < -0.3 is 4.18 Å². The minimum atomic E-state index is -3.56. The van der Waals surface area contributed by atoms with Gasteiger partial charge in [-0.05, 0) is 45.6 Å². The molecule has 0 saturated heterocycles. The molecule has 0 atom stereocenters. The second-order valence-electron chi connectivity index (χ2n) is 7.12. The smallest absolute Gasteiger partial charge is 0.306 e. The highest BCUT2D eigenvalue weighted by atomic mass is 127. The quantitative estimate of drug-likeness (QED) is 0.542. The second kappa shape index (κ2) is 5.48. The third-order valence-electron chi connectivity index (χ3n) is 2.90. The summed E-state index contributed by atoms with van der Waals surface area (Å²) in [4.78, 5) is 0. The molecule has 1 aromatic carbocycles. The molecule has 0 spiro atoms. The standard InChI is InChI=1S/C15H23IO3S/c1-14(2,3)11-8-10(16)9-12(15(4,5)6)13(11)19-20(7,17)18/h8-9H,1-7H3. The molecule has 3 nitrogen and oxygen atoms in total. The van der Waals surface area contributed by atoms with Crippen LogP contribution in [0, 0.1) is 3.57 Å². The molecule has 0 aliphatic rings. The first kappa shape index (κ1) is 17.8. The normalized spacial score (nSPS) is 13.4. The van der Waals surface area contributed by atoms with Crippen LogP contribution in [0.1, 0.15) is 52.7 Å². The van der Waals surface area contributed by atoms with Crippen LogP contribution in [-0.4, -0.2) is 14.7 Å². The molecular formula is C15H23IO3S. The molecule has 5 heteroatoms. The minimum Gasteiger partial charge on any atom is -0.382 e. The van der Waals surface area contributed by atoms with Gasteiger partial charge >= 0.3 is 10.1 Å². The average molecular weight is 410 g/mol. The van der Waals surface area contributed by atoms with E-state index in [4.69, 9.17) is 4.18 Å². The maximum Gasteiger partial charge on any atom is 0.306 e. The Bertz CT molecular complexity index is 570. The van der Waals surface area contributed by atoms with Crippen LogP contribution >= 0.6 is 22.6 Å². The fraction of sp³-hybridized carbons (Fsp3) is 0.600. The van der Waals surface area contributed by atoms with E-state index >= 15 is 0 Å². The van der Waals surface area contributed by atoms with Crippen molar-refractivity contribution in [1.82, 2.24) is 0 Å². The van der Waals surface area contributed by atoms with E-state index in [0.717, 1.165) is 21.0 Å². The van der Waals surface area contributed by atoms with Crippen molar-refractivity contribution in [2.45, 2.75) is 52.4 Å². The Kier molecular flexibility index (Phi) is 4.86. The van der Waals surface area contributed by atoms with E-state index in [2.05, 4.69) is 64.1 Å². The van der Waals surface area contributed by atoms with Crippen molar-refractivity contribution in [3.8, 4) is 5.75 Å². The topological polar surface area (TPSA) is 43.4 Å². The van der Waals surface area contributed by atoms with Gasteiger partial charge in [-0.1, -0.05) is 41.5 Å². The second-order valence-corrected chi connectivity index (χ2v) is 9.94. The lowest BCUT2D eigenvalue weighted by atomic mass is 9.79. The molecule has 0 aromatic heterocycles. The van der Waals surface area contributed by atoms with Crippen LogP contribution in [-0.2, 0) is 20.9 Å². The molecule has 1 rings (SSSR count). The van der Waals surface area contributed by atoms with E-state index in [-0.39, 0.29) is 10.8 Å². The van der Waals surface area contributed by atoms with Crippen LogP contribution in [0.15, 0.2) is 12.1 Å². The Balaban J connectivity index is 3.72. The fourth-order valence-corrected chi connectivity index (χ4v) is 3.05. The molecule has 1 aromatic rings. The Morgan fingerprint density at radius 2 is 1.30 bits per heavy atom. The van der Waals surface area contributed by atoms with Gasteiger partial charge in [0.05, 0.1) is 6.26 Å². The van der Waals surface area contributed by atoms with Crippen molar-refractivity contribution >= 4 is 32.7 Å². The summed E-state index contributed by atoms with van der Waals surface area (Å²) >= 11 is 2.26.